The number of ether oxygens (including phenoxy) is 1. The Hall–Kier alpha value is -2.16. The Kier molecular flexibility index (Phi) is 7.58. The van der Waals surface area contributed by atoms with E-state index >= 15 is 0 Å². The molecule has 0 saturated heterocycles. The summed E-state index contributed by atoms with van der Waals surface area (Å²) in [6.07, 6.45) is -0.0959. The molecule has 3 N–H and O–H groups in total. The van der Waals surface area contributed by atoms with Crippen molar-refractivity contribution in [3.05, 3.63) is 63.1 Å². The Morgan fingerprint density at radius 1 is 1.07 bits per heavy atom. The molecule has 0 heterocycles. The lowest BCUT2D eigenvalue weighted by Gasteiger charge is -2.15. The van der Waals surface area contributed by atoms with E-state index in [0.717, 1.165) is 4.47 Å². The maximum absolute atomic E-state index is 12.5. The summed E-state index contributed by atoms with van der Waals surface area (Å²) in [5.41, 5.74) is 5.59. The van der Waals surface area contributed by atoms with Gasteiger partial charge in [-0.1, -0.05) is 27.5 Å². The van der Waals surface area contributed by atoms with Crippen LogP contribution in [-0.4, -0.2) is 23.0 Å². The molecule has 0 aliphatic heterocycles. The highest BCUT2D eigenvalue weighted by atomic mass is 79.9. The van der Waals surface area contributed by atoms with Crippen LogP contribution in [0.4, 0.5) is 0 Å². The summed E-state index contributed by atoms with van der Waals surface area (Å²) in [4.78, 5) is 24.5. The van der Waals surface area contributed by atoms with Gasteiger partial charge in [-0.2, -0.15) is 0 Å². The molecule has 2 aromatic rings. The van der Waals surface area contributed by atoms with Gasteiger partial charge in [-0.05, 0) is 68.5 Å². The van der Waals surface area contributed by atoms with Gasteiger partial charge in [-0.3, -0.25) is 25.8 Å². The number of hydrogen-bond acceptors (Lipinski definition) is 4. The minimum absolute atomic E-state index is 0.0576. The molecule has 0 aliphatic rings. The molecular formula is C18H17BrClN3O3S. The zero-order chi connectivity index (χ0) is 20.0. The first-order valence-electron chi connectivity index (χ1n) is 7.89. The summed E-state index contributed by atoms with van der Waals surface area (Å²) in [7, 11) is 0. The van der Waals surface area contributed by atoms with Gasteiger partial charge < -0.3 is 4.74 Å². The van der Waals surface area contributed by atoms with E-state index in [9.17, 15) is 9.59 Å². The van der Waals surface area contributed by atoms with Gasteiger partial charge in [0.15, 0.2) is 5.11 Å². The van der Waals surface area contributed by atoms with E-state index in [1.54, 1.807) is 42.5 Å². The van der Waals surface area contributed by atoms with Crippen molar-refractivity contribution in [3.63, 3.8) is 0 Å². The van der Waals surface area contributed by atoms with Crippen molar-refractivity contribution in [1.82, 2.24) is 16.2 Å². The predicted molar refractivity (Wildman–Crippen MR) is 112 cm³/mol. The molecular weight excluding hydrogens is 454 g/mol. The number of hydrazine groups is 1. The first-order valence-corrected chi connectivity index (χ1v) is 9.47. The molecule has 0 aliphatic carbocycles. The second-order valence-electron chi connectivity index (χ2n) is 5.68. The Morgan fingerprint density at radius 2 is 1.74 bits per heavy atom. The summed E-state index contributed by atoms with van der Waals surface area (Å²) < 4.78 is 6.36. The van der Waals surface area contributed by atoms with E-state index in [2.05, 4.69) is 32.1 Å². The minimum Gasteiger partial charge on any atom is -0.490 e. The van der Waals surface area contributed by atoms with Crippen LogP contribution < -0.4 is 20.9 Å². The highest BCUT2D eigenvalue weighted by Crippen LogP contribution is 2.24. The maximum Gasteiger partial charge on any atom is 0.269 e. The van der Waals surface area contributed by atoms with Crippen molar-refractivity contribution < 1.29 is 14.3 Å². The largest absolute Gasteiger partial charge is 0.490 e. The number of thiocarbonyl (C=S) groups is 1. The van der Waals surface area contributed by atoms with Crippen molar-refractivity contribution >= 4 is 56.7 Å². The van der Waals surface area contributed by atoms with E-state index in [1.165, 1.54) is 0 Å². The Morgan fingerprint density at radius 3 is 2.37 bits per heavy atom. The highest BCUT2D eigenvalue weighted by Gasteiger charge is 2.16. The number of amides is 2. The fourth-order valence-corrected chi connectivity index (χ4v) is 2.66. The maximum atomic E-state index is 12.5. The monoisotopic (exact) mass is 469 g/mol. The van der Waals surface area contributed by atoms with E-state index in [0.29, 0.717) is 21.9 Å². The van der Waals surface area contributed by atoms with Crippen LogP contribution in [0.15, 0.2) is 46.9 Å². The van der Waals surface area contributed by atoms with E-state index in [4.69, 9.17) is 28.6 Å². The molecule has 0 bridgehead atoms. The first kappa shape index (κ1) is 21.1. The van der Waals surface area contributed by atoms with Gasteiger partial charge in [0, 0.05) is 15.1 Å². The molecule has 2 aromatic carbocycles. The molecule has 9 heteroatoms. The Balaban J connectivity index is 1.97. The Bertz CT molecular complexity index is 859. The van der Waals surface area contributed by atoms with Crippen LogP contribution in [0.25, 0.3) is 0 Å². The van der Waals surface area contributed by atoms with Crippen LogP contribution in [-0.2, 0) is 0 Å². The lowest BCUT2D eigenvalue weighted by Crippen LogP contribution is -2.48. The zero-order valence-corrected chi connectivity index (χ0v) is 17.7. The van der Waals surface area contributed by atoms with Gasteiger partial charge >= 0.3 is 0 Å². The minimum atomic E-state index is -0.467. The van der Waals surface area contributed by atoms with Crippen molar-refractivity contribution in [1.29, 1.82) is 0 Å². The SMILES string of the molecule is CC(C)Oc1ccc(Br)cc1C(=O)NC(=S)NNC(=O)c1ccc(Cl)cc1. The third kappa shape index (κ3) is 6.50. The number of halogens is 2. The first-order chi connectivity index (χ1) is 12.8. The van der Waals surface area contributed by atoms with Gasteiger partial charge in [0.25, 0.3) is 11.8 Å². The second kappa shape index (κ2) is 9.68. The van der Waals surface area contributed by atoms with Crippen molar-refractivity contribution in [2.75, 3.05) is 0 Å². The summed E-state index contributed by atoms with van der Waals surface area (Å²) in [5, 5.41) is 2.96. The molecule has 2 rings (SSSR count). The van der Waals surface area contributed by atoms with Crippen LogP contribution in [0.2, 0.25) is 5.02 Å². The van der Waals surface area contributed by atoms with E-state index in [-0.39, 0.29) is 11.2 Å². The molecule has 0 unspecified atom stereocenters. The normalized spacial score (nSPS) is 10.3. The molecule has 2 amide bonds. The zero-order valence-electron chi connectivity index (χ0n) is 14.5. The van der Waals surface area contributed by atoms with Crippen LogP contribution >= 0.6 is 39.7 Å². The summed E-state index contributed by atoms with van der Waals surface area (Å²) >= 11 is 14.2. The molecule has 0 spiro atoms. The molecule has 0 aromatic heterocycles. The van der Waals surface area contributed by atoms with E-state index in [1.807, 2.05) is 13.8 Å². The van der Waals surface area contributed by atoms with Gasteiger partial charge in [0.1, 0.15) is 5.75 Å². The van der Waals surface area contributed by atoms with Gasteiger partial charge in [-0.25, -0.2) is 0 Å². The van der Waals surface area contributed by atoms with E-state index < -0.39 is 11.8 Å². The average Bonchev–Trinajstić information content (AvgIpc) is 2.61. The number of carbonyl (C=O) groups excluding carboxylic acids is 2. The Labute approximate surface area is 175 Å². The van der Waals surface area contributed by atoms with Gasteiger partial charge in [0.2, 0.25) is 0 Å². The lowest BCUT2D eigenvalue weighted by molar-refractivity contribution is 0.0933. The summed E-state index contributed by atoms with van der Waals surface area (Å²) in [6, 6.07) is 11.4. The predicted octanol–water partition coefficient (Wildman–Crippen LogP) is 3.84. The third-order valence-corrected chi connectivity index (χ3v) is 4.12. The molecule has 6 nitrogen and oxygen atoms in total. The molecule has 0 atom stereocenters. The summed E-state index contributed by atoms with van der Waals surface area (Å²) in [5.74, 6) is -0.460. The summed E-state index contributed by atoms with van der Waals surface area (Å²) in [6.45, 7) is 3.73. The lowest BCUT2D eigenvalue weighted by atomic mass is 10.2. The smallest absolute Gasteiger partial charge is 0.269 e. The van der Waals surface area contributed by atoms with Gasteiger partial charge in [0.05, 0.1) is 11.7 Å². The number of carbonyl (C=O) groups is 2. The van der Waals surface area contributed by atoms with Crippen molar-refractivity contribution in [2.45, 2.75) is 20.0 Å². The highest BCUT2D eigenvalue weighted by molar-refractivity contribution is 9.10. The quantitative estimate of drug-likeness (QED) is 0.467. The number of rotatable bonds is 4. The third-order valence-electron chi connectivity index (χ3n) is 3.17. The van der Waals surface area contributed by atoms with Crippen molar-refractivity contribution in [2.24, 2.45) is 0 Å². The molecule has 0 radical (unpaired) electrons. The number of hydrogen-bond donors (Lipinski definition) is 3. The van der Waals surface area contributed by atoms with Crippen LogP contribution in [0.5, 0.6) is 5.75 Å². The molecule has 142 valence electrons. The molecule has 0 fully saturated rings. The average molecular weight is 471 g/mol. The fourth-order valence-electron chi connectivity index (χ4n) is 2.03. The van der Waals surface area contributed by atoms with Crippen LogP contribution in [0.1, 0.15) is 34.6 Å². The topological polar surface area (TPSA) is 79.5 Å². The fraction of sp³-hybridized carbons (Fsp3) is 0.167. The van der Waals surface area contributed by atoms with Crippen LogP contribution in [0.3, 0.4) is 0 Å². The van der Waals surface area contributed by atoms with Crippen LogP contribution in [0, 0.1) is 0 Å². The number of nitrogens with one attached hydrogen (secondary N) is 3. The second-order valence-corrected chi connectivity index (χ2v) is 7.44. The molecule has 27 heavy (non-hydrogen) atoms. The standard InChI is InChI=1S/C18H17BrClN3O3S/c1-10(2)26-15-8-5-12(19)9-14(15)17(25)21-18(27)23-22-16(24)11-3-6-13(20)7-4-11/h3-10H,1-2H3,(H,22,24)(H2,21,23,25,27). The number of benzene rings is 2. The van der Waals surface area contributed by atoms with Gasteiger partial charge in [-0.15, -0.1) is 0 Å². The van der Waals surface area contributed by atoms with Crippen molar-refractivity contribution in [3.8, 4) is 5.75 Å². The molecule has 0 saturated carbocycles.